The lowest BCUT2D eigenvalue weighted by Gasteiger charge is -2.21. The molecule has 5 nitrogen and oxygen atoms in total. The zero-order valence-corrected chi connectivity index (χ0v) is 18.9. The van der Waals surface area contributed by atoms with Gasteiger partial charge in [-0.3, -0.25) is 4.79 Å². The highest BCUT2D eigenvalue weighted by atomic mass is 19.2. The fraction of sp³-hybridized carbons (Fsp3) is 0.179. The number of rotatable bonds is 6. The summed E-state index contributed by atoms with van der Waals surface area (Å²) in [4.78, 5) is 22.5. The third kappa shape index (κ3) is 4.95. The first-order valence-electron chi connectivity index (χ1n) is 11.4. The Morgan fingerprint density at radius 2 is 1.69 bits per heavy atom. The number of carbonyl (C=O) groups is 1. The van der Waals surface area contributed by atoms with Crippen LogP contribution >= 0.6 is 0 Å². The van der Waals surface area contributed by atoms with Crippen LogP contribution < -0.4 is 5.32 Å². The number of hydrogen-bond acceptors (Lipinski definition) is 4. The number of halogens is 2. The lowest BCUT2D eigenvalue weighted by atomic mass is 9.90. The molecule has 1 heterocycles. The topological polar surface area (TPSA) is 75.1 Å². The molecule has 0 unspecified atom stereocenters. The van der Waals surface area contributed by atoms with Gasteiger partial charge >= 0.3 is 0 Å². The molecule has 4 aromatic rings. The van der Waals surface area contributed by atoms with Gasteiger partial charge in [-0.2, -0.15) is 0 Å². The Morgan fingerprint density at radius 1 is 0.886 bits per heavy atom. The van der Waals surface area contributed by atoms with E-state index in [9.17, 15) is 18.7 Å². The summed E-state index contributed by atoms with van der Waals surface area (Å²) in [5, 5.41) is 12.3. The molecule has 0 saturated carbocycles. The second-order valence-electron chi connectivity index (χ2n) is 8.60. The zero-order chi connectivity index (χ0) is 24.4. The van der Waals surface area contributed by atoms with Crippen LogP contribution in [0.3, 0.4) is 0 Å². The van der Waals surface area contributed by atoms with Gasteiger partial charge in [-0.05, 0) is 47.2 Å². The van der Waals surface area contributed by atoms with Crippen molar-refractivity contribution in [1.82, 2.24) is 9.97 Å². The molecule has 0 radical (unpaired) electrons. The molecular weight excluding hydrogens is 448 g/mol. The standard InChI is InChI=1S/C28H23F2N3O2/c29-22-10-7-18(13-23(22)30)15-26(35)33-28-25(14-17-4-2-1-3-5-17)31-27-21-9-6-19(16-34)12-20(21)8-11-24(27)32-28/h1-7,9-10,12-13,34H,8,11,14-16H2,(H,32,33,35). The van der Waals surface area contributed by atoms with E-state index >= 15 is 0 Å². The van der Waals surface area contributed by atoms with Gasteiger partial charge in [0.15, 0.2) is 17.5 Å². The number of hydrogen-bond donors (Lipinski definition) is 2. The largest absolute Gasteiger partial charge is 0.392 e. The lowest BCUT2D eigenvalue weighted by Crippen LogP contribution is -2.20. The number of amides is 1. The average Bonchev–Trinajstić information content (AvgIpc) is 2.87. The van der Waals surface area contributed by atoms with Gasteiger partial charge < -0.3 is 10.4 Å². The summed E-state index contributed by atoms with van der Waals surface area (Å²) in [6.07, 6.45) is 1.76. The minimum Gasteiger partial charge on any atom is -0.392 e. The number of benzene rings is 3. The molecule has 176 valence electrons. The van der Waals surface area contributed by atoms with Crippen LogP contribution in [-0.2, 0) is 37.1 Å². The van der Waals surface area contributed by atoms with Crippen molar-refractivity contribution in [3.8, 4) is 11.3 Å². The molecule has 1 amide bonds. The Kier molecular flexibility index (Phi) is 6.33. The van der Waals surface area contributed by atoms with Crippen molar-refractivity contribution in [1.29, 1.82) is 0 Å². The predicted molar refractivity (Wildman–Crippen MR) is 129 cm³/mol. The van der Waals surface area contributed by atoms with Crippen molar-refractivity contribution in [3.05, 3.63) is 112 Å². The van der Waals surface area contributed by atoms with E-state index in [0.717, 1.165) is 52.2 Å². The minimum atomic E-state index is -0.989. The summed E-state index contributed by atoms with van der Waals surface area (Å²) in [5.41, 5.74) is 6.51. The molecule has 7 heteroatoms. The number of aromatic nitrogens is 2. The first-order valence-corrected chi connectivity index (χ1v) is 11.4. The van der Waals surface area contributed by atoms with Crippen LogP contribution in [0.5, 0.6) is 0 Å². The van der Waals surface area contributed by atoms with Crippen molar-refractivity contribution in [2.24, 2.45) is 0 Å². The van der Waals surface area contributed by atoms with E-state index in [1.165, 1.54) is 6.07 Å². The van der Waals surface area contributed by atoms with Crippen LogP contribution in [-0.4, -0.2) is 21.0 Å². The summed E-state index contributed by atoms with van der Waals surface area (Å²) in [6.45, 7) is -0.0198. The van der Waals surface area contributed by atoms with E-state index in [0.29, 0.717) is 29.9 Å². The van der Waals surface area contributed by atoms with Gasteiger partial charge in [-0.1, -0.05) is 54.6 Å². The Bertz CT molecular complexity index is 1410. The van der Waals surface area contributed by atoms with Gasteiger partial charge in [0.25, 0.3) is 0 Å². The number of nitrogens with zero attached hydrogens (tertiary/aromatic N) is 2. The highest BCUT2D eigenvalue weighted by molar-refractivity contribution is 5.92. The van der Waals surface area contributed by atoms with E-state index in [1.54, 1.807) is 0 Å². The molecule has 0 spiro atoms. The second kappa shape index (κ2) is 9.72. The summed E-state index contributed by atoms with van der Waals surface area (Å²) in [6, 6.07) is 19.0. The van der Waals surface area contributed by atoms with Gasteiger partial charge in [0.1, 0.15) is 0 Å². The number of aliphatic hydroxyl groups excluding tert-OH is 1. The molecule has 0 bridgehead atoms. The van der Waals surface area contributed by atoms with Crippen molar-refractivity contribution < 1.29 is 18.7 Å². The summed E-state index contributed by atoms with van der Waals surface area (Å²) in [7, 11) is 0. The third-order valence-corrected chi connectivity index (χ3v) is 6.10. The zero-order valence-electron chi connectivity index (χ0n) is 18.9. The van der Waals surface area contributed by atoms with Gasteiger partial charge in [0.2, 0.25) is 5.91 Å². The third-order valence-electron chi connectivity index (χ3n) is 6.10. The maximum atomic E-state index is 13.6. The van der Waals surface area contributed by atoms with Gasteiger partial charge in [-0.15, -0.1) is 0 Å². The maximum absolute atomic E-state index is 13.6. The quantitative estimate of drug-likeness (QED) is 0.424. The van der Waals surface area contributed by atoms with E-state index in [1.807, 2.05) is 48.5 Å². The Labute approximate surface area is 201 Å². The maximum Gasteiger partial charge on any atom is 0.229 e. The van der Waals surface area contributed by atoms with Crippen molar-refractivity contribution in [3.63, 3.8) is 0 Å². The lowest BCUT2D eigenvalue weighted by molar-refractivity contribution is -0.115. The molecule has 0 atom stereocenters. The van der Waals surface area contributed by atoms with Crippen molar-refractivity contribution in [2.75, 3.05) is 5.32 Å². The molecule has 35 heavy (non-hydrogen) atoms. The Hall–Kier alpha value is -3.97. The van der Waals surface area contributed by atoms with Gasteiger partial charge in [0, 0.05) is 12.0 Å². The number of fused-ring (bicyclic) bond motifs is 3. The van der Waals surface area contributed by atoms with Gasteiger partial charge in [-0.25, -0.2) is 18.7 Å². The highest BCUT2D eigenvalue weighted by Gasteiger charge is 2.23. The van der Waals surface area contributed by atoms with Crippen LogP contribution in [0.15, 0.2) is 66.7 Å². The van der Waals surface area contributed by atoms with Crippen LogP contribution in [0.1, 0.15) is 33.6 Å². The molecule has 0 saturated heterocycles. The normalized spacial score (nSPS) is 12.1. The van der Waals surface area contributed by atoms with E-state index in [-0.39, 0.29) is 18.9 Å². The number of aliphatic hydroxyl groups is 1. The van der Waals surface area contributed by atoms with E-state index in [4.69, 9.17) is 9.97 Å². The number of anilines is 1. The first-order chi connectivity index (χ1) is 17.0. The van der Waals surface area contributed by atoms with Crippen LogP contribution in [0.4, 0.5) is 14.6 Å². The number of nitrogens with one attached hydrogen (secondary N) is 1. The SMILES string of the molecule is O=C(Cc1ccc(F)c(F)c1)Nc1nc2c(nc1Cc1ccccc1)-c1ccc(CO)cc1CC2. The average molecular weight is 472 g/mol. The van der Waals surface area contributed by atoms with Crippen molar-refractivity contribution in [2.45, 2.75) is 32.3 Å². The monoisotopic (exact) mass is 471 g/mol. The number of carbonyl (C=O) groups excluding carboxylic acids is 1. The molecule has 1 aliphatic rings. The molecule has 0 aliphatic heterocycles. The summed E-state index contributed by atoms with van der Waals surface area (Å²) in [5.74, 6) is -1.96. The van der Waals surface area contributed by atoms with E-state index in [2.05, 4.69) is 5.32 Å². The molecule has 2 N–H and O–H groups in total. The molecule has 1 aliphatic carbocycles. The fourth-order valence-corrected chi connectivity index (χ4v) is 4.35. The van der Waals surface area contributed by atoms with Crippen LogP contribution in [0, 0.1) is 11.6 Å². The molecular formula is C28H23F2N3O2. The number of aryl methyl sites for hydroxylation is 2. The Morgan fingerprint density at radius 3 is 2.46 bits per heavy atom. The fourth-order valence-electron chi connectivity index (χ4n) is 4.35. The Balaban J connectivity index is 1.49. The predicted octanol–water partition coefficient (Wildman–Crippen LogP) is 4.78. The first kappa shape index (κ1) is 22.8. The summed E-state index contributed by atoms with van der Waals surface area (Å²) >= 11 is 0. The second-order valence-corrected chi connectivity index (χ2v) is 8.60. The molecule has 1 aromatic heterocycles. The van der Waals surface area contributed by atoms with E-state index < -0.39 is 11.6 Å². The molecule has 0 fully saturated rings. The smallest absolute Gasteiger partial charge is 0.229 e. The van der Waals surface area contributed by atoms with Gasteiger partial charge in [0.05, 0.1) is 30.1 Å². The minimum absolute atomic E-state index is 0.0198. The van der Waals surface area contributed by atoms with Crippen LogP contribution in [0.25, 0.3) is 11.3 Å². The van der Waals surface area contributed by atoms with Crippen molar-refractivity contribution >= 4 is 11.7 Å². The molecule has 5 rings (SSSR count). The van der Waals surface area contributed by atoms with Crippen LogP contribution in [0.2, 0.25) is 0 Å². The highest BCUT2D eigenvalue weighted by Crippen LogP contribution is 2.34. The molecule has 3 aromatic carbocycles. The summed E-state index contributed by atoms with van der Waals surface area (Å²) < 4.78 is 26.8.